The smallest absolute Gasteiger partial charge is 0.276 e. The first-order valence-electron chi connectivity index (χ1n) is 9.89. The maximum Gasteiger partial charge on any atom is 0.276 e. The number of aromatic nitrogens is 3. The Hall–Kier alpha value is -4.24. The topological polar surface area (TPSA) is 104 Å². The van der Waals surface area contributed by atoms with E-state index in [0.717, 1.165) is 11.3 Å². The zero-order chi connectivity index (χ0) is 23.8. The number of rotatable bonds is 6. The van der Waals surface area contributed by atoms with E-state index in [1.165, 1.54) is 0 Å². The summed E-state index contributed by atoms with van der Waals surface area (Å²) in [6.45, 7) is 0. The average Bonchev–Trinajstić information content (AvgIpc) is 3.29. The van der Waals surface area contributed by atoms with Crippen LogP contribution >= 0.6 is 0 Å². The molecule has 9 heteroatoms. The quantitative estimate of drug-likeness (QED) is 0.448. The molecular weight excluding hydrogens is 424 g/mol. The van der Waals surface area contributed by atoms with Crippen LogP contribution in [-0.2, 0) is 4.74 Å². The molecule has 2 aromatic carbocycles. The maximum absolute atomic E-state index is 12.7. The number of nitrogens with zero attached hydrogens (tertiary/aromatic N) is 3. The first-order valence-corrected chi connectivity index (χ1v) is 9.89. The van der Waals surface area contributed by atoms with Crippen LogP contribution in [0.25, 0.3) is 16.9 Å². The molecule has 170 valence electrons. The number of aldehydes is 1. The zero-order valence-corrected chi connectivity index (χ0v) is 18.7. The Morgan fingerprint density at radius 2 is 1.70 bits per heavy atom. The Balaban J connectivity index is 0.000000968. The summed E-state index contributed by atoms with van der Waals surface area (Å²) in [6, 6.07) is 15.6. The predicted molar refractivity (Wildman–Crippen MR) is 124 cm³/mol. The Bertz CT molecular complexity index is 1270. The van der Waals surface area contributed by atoms with E-state index in [1.807, 2.05) is 12.1 Å². The highest BCUT2D eigenvalue weighted by Gasteiger charge is 2.16. The first kappa shape index (κ1) is 23.4. The maximum atomic E-state index is 12.7. The molecule has 0 fully saturated rings. The van der Waals surface area contributed by atoms with Crippen molar-refractivity contribution in [3.05, 3.63) is 72.1 Å². The van der Waals surface area contributed by atoms with Crippen LogP contribution in [0.2, 0.25) is 0 Å². The second-order valence-corrected chi connectivity index (χ2v) is 6.77. The molecular formula is C24H24N4O5. The van der Waals surface area contributed by atoms with E-state index < -0.39 is 5.91 Å². The molecule has 0 aliphatic carbocycles. The Labute approximate surface area is 190 Å². The third-order valence-electron chi connectivity index (χ3n) is 4.61. The number of carbonyl (C=O) groups excluding carboxylic acids is 2. The molecule has 0 radical (unpaired) electrons. The van der Waals surface area contributed by atoms with Crippen molar-refractivity contribution < 1.29 is 23.8 Å². The Morgan fingerprint density at radius 1 is 0.970 bits per heavy atom. The van der Waals surface area contributed by atoms with Gasteiger partial charge >= 0.3 is 0 Å². The van der Waals surface area contributed by atoms with Crippen molar-refractivity contribution in [2.75, 3.05) is 33.8 Å². The summed E-state index contributed by atoms with van der Waals surface area (Å²) >= 11 is 0. The molecule has 0 aliphatic heterocycles. The molecule has 9 nitrogen and oxygen atoms in total. The lowest BCUT2D eigenvalue weighted by Crippen LogP contribution is -2.14. The summed E-state index contributed by atoms with van der Waals surface area (Å²) < 4.78 is 16.5. The number of ether oxygens (including phenoxy) is 3. The SMILES string of the molecule is COC.COc1ccc(-c2ccnc3cc(C(=O)Nc4ccccc4C=O)nn23)cc1OC. The summed E-state index contributed by atoms with van der Waals surface area (Å²) in [5, 5.41) is 7.14. The Kier molecular flexibility index (Phi) is 7.72. The van der Waals surface area contributed by atoms with Gasteiger partial charge in [-0.2, -0.15) is 5.10 Å². The number of methoxy groups -OCH3 is 3. The van der Waals surface area contributed by atoms with Gasteiger partial charge in [0.2, 0.25) is 0 Å². The molecule has 4 rings (SSSR count). The minimum absolute atomic E-state index is 0.177. The molecule has 0 saturated carbocycles. The monoisotopic (exact) mass is 448 g/mol. The van der Waals surface area contributed by atoms with Crippen LogP contribution in [0.3, 0.4) is 0 Å². The fourth-order valence-corrected chi connectivity index (χ4v) is 3.12. The molecule has 0 bridgehead atoms. The highest BCUT2D eigenvalue weighted by molar-refractivity contribution is 6.05. The molecule has 2 aromatic heterocycles. The van der Waals surface area contributed by atoms with E-state index in [1.54, 1.807) is 81.6 Å². The zero-order valence-electron chi connectivity index (χ0n) is 18.7. The number of carbonyl (C=O) groups is 2. The Morgan fingerprint density at radius 3 is 2.39 bits per heavy atom. The van der Waals surface area contributed by atoms with Gasteiger partial charge in [0.1, 0.15) is 0 Å². The summed E-state index contributed by atoms with van der Waals surface area (Å²) in [7, 11) is 6.39. The minimum atomic E-state index is -0.437. The fraction of sp³-hybridized carbons (Fsp3) is 0.167. The lowest BCUT2D eigenvalue weighted by atomic mass is 10.1. The lowest BCUT2D eigenvalue weighted by Gasteiger charge is -2.10. The van der Waals surface area contributed by atoms with E-state index in [-0.39, 0.29) is 5.69 Å². The number of hydrogen-bond donors (Lipinski definition) is 1. The van der Waals surface area contributed by atoms with E-state index in [9.17, 15) is 9.59 Å². The highest BCUT2D eigenvalue weighted by atomic mass is 16.5. The van der Waals surface area contributed by atoms with E-state index in [0.29, 0.717) is 34.7 Å². The molecule has 2 heterocycles. The van der Waals surface area contributed by atoms with Gasteiger partial charge in [0, 0.05) is 37.6 Å². The van der Waals surface area contributed by atoms with Crippen molar-refractivity contribution in [3.8, 4) is 22.8 Å². The summed E-state index contributed by atoms with van der Waals surface area (Å²) in [4.78, 5) is 28.2. The van der Waals surface area contributed by atoms with Gasteiger partial charge in [-0.3, -0.25) is 9.59 Å². The average molecular weight is 448 g/mol. The number of fused-ring (bicyclic) bond motifs is 1. The van der Waals surface area contributed by atoms with E-state index >= 15 is 0 Å². The number of nitrogens with one attached hydrogen (secondary N) is 1. The lowest BCUT2D eigenvalue weighted by molar-refractivity contribution is 0.102. The predicted octanol–water partition coefficient (Wildman–Crippen LogP) is 3.74. The molecule has 0 spiro atoms. The molecule has 0 atom stereocenters. The molecule has 1 amide bonds. The van der Waals surface area contributed by atoms with Gasteiger partial charge in [0.05, 0.1) is 25.6 Å². The first-order chi connectivity index (χ1) is 16.1. The summed E-state index contributed by atoms with van der Waals surface area (Å²) in [6.07, 6.45) is 2.34. The normalized spacial score (nSPS) is 10.2. The summed E-state index contributed by atoms with van der Waals surface area (Å²) in [5.41, 5.74) is 3.04. The number of para-hydroxylation sites is 1. The molecule has 33 heavy (non-hydrogen) atoms. The van der Waals surface area contributed by atoms with Crippen LogP contribution in [0.1, 0.15) is 20.8 Å². The van der Waals surface area contributed by atoms with Gasteiger partial charge in [-0.05, 0) is 36.4 Å². The number of amides is 1. The van der Waals surface area contributed by atoms with Gasteiger partial charge in [-0.25, -0.2) is 9.50 Å². The fourth-order valence-electron chi connectivity index (χ4n) is 3.12. The highest BCUT2D eigenvalue weighted by Crippen LogP contribution is 2.32. The molecule has 0 aliphatic rings. The second kappa shape index (κ2) is 10.9. The van der Waals surface area contributed by atoms with Crippen molar-refractivity contribution >= 4 is 23.5 Å². The third-order valence-corrected chi connectivity index (χ3v) is 4.61. The van der Waals surface area contributed by atoms with Crippen LogP contribution in [0.15, 0.2) is 60.8 Å². The number of hydrogen-bond acceptors (Lipinski definition) is 7. The van der Waals surface area contributed by atoms with E-state index in [4.69, 9.17) is 9.47 Å². The summed E-state index contributed by atoms with van der Waals surface area (Å²) in [5.74, 6) is 0.754. The van der Waals surface area contributed by atoms with Gasteiger partial charge in [-0.1, -0.05) is 12.1 Å². The molecule has 0 unspecified atom stereocenters. The van der Waals surface area contributed by atoms with Gasteiger partial charge in [-0.15, -0.1) is 0 Å². The van der Waals surface area contributed by atoms with Crippen molar-refractivity contribution in [2.24, 2.45) is 0 Å². The van der Waals surface area contributed by atoms with Crippen molar-refractivity contribution in [2.45, 2.75) is 0 Å². The van der Waals surface area contributed by atoms with Crippen molar-refractivity contribution in [1.29, 1.82) is 0 Å². The van der Waals surface area contributed by atoms with Crippen LogP contribution in [0.4, 0.5) is 5.69 Å². The van der Waals surface area contributed by atoms with Gasteiger partial charge in [0.15, 0.2) is 29.1 Å². The molecule has 1 N–H and O–H groups in total. The third kappa shape index (κ3) is 5.16. The molecule has 0 saturated heterocycles. The standard InChI is InChI=1S/C22H18N4O4.C2H6O/c1-29-19-8-7-14(11-20(19)30-2)18-9-10-23-21-12-17(25-26(18)21)22(28)24-16-6-4-3-5-15(16)13-27;1-3-2/h3-13H,1-2H3,(H,24,28);1-2H3. The van der Waals surface area contributed by atoms with Crippen LogP contribution in [0, 0.1) is 0 Å². The van der Waals surface area contributed by atoms with E-state index in [2.05, 4.69) is 20.1 Å². The van der Waals surface area contributed by atoms with Crippen molar-refractivity contribution in [1.82, 2.24) is 14.6 Å². The second-order valence-electron chi connectivity index (χ2n) is 6.77. The van der Waals surface area contributed by atoms with Crippen LogP contribution in [0.5, 0.6) is 11.5 Å². The largest absolute Gasteiger partial charge is 0.493 e. The minimum Gasteiger partial charge on any atom is -0.493 e. The number of benzene rings is 2. The van der Waals surface area contributed by atoms with Crippen LogP contribution in [-0.4, -0.2) is 55.2 Å². The van der Waals surface area contributed by atoms with Gasteiger partial charge in [0.25, 0.3) is 5.91 Å². The molecule has 4 aromatic rings. The van der Waals surface area contributed by atoms with Gasteiger partial charge < -0.3 is 19.5 Å². The van der Waals surface area contributed by atoms with Crippen LogP contribution < -0.4 is 14.8 Å². The number of anilines is 1. The van der Waals surface area contributed by atoms with Crippen molar-refractivity contribution in [3.63, 3.8) is 0 Å².